The minimum atomic E-state index is -1.04. The van der Waals surface area contributed by atoms with Crippen molar-refractivity contribution in [3.05, 3.63) is 0 Å². The molecule has 1 aliphatic carbocycles. The molecule has 0 saturated heterocycles. The van der Waals surface area contributed by atoms with E-state index in [0.29, 0.717) is 12.8 Å². The van der Waals surface area contributed by atoms with Gasteiger partial charge in [-0.25, -0.2) is 0 Å². The van der Waals surface area contributed by atoms with Gasteiger partial charge in [0, 0.05) is 6.61 Å². The SMILES string of the molecule is OCC[C@H]1C[C@@H](O)[C@@H](O)[C@@H]1O. The maximum Gasteiger partial charge on any atom is 0.106 e. The summed E-state index contributed by atoms with van der Waals surface area (Å²) in [7, 11) is 0. The van der Waals surface area contributed by atoms with Gasteiger partial charge in [-0.05, 0) is 18.8 Å². The molecule has 4 heteroatoms. The van der Waals surface area contributed by atoms with Gasteiger partial charge in [-0.15, -0.1) is 0 Å². The zero-order chi connectivity index (χ0) is 8.43. The van der Waals surface area contributed by atoms with Crippen LogP contribution in [-0.2, 0) is 0 Å². The quantitative estimate of drug-likeness (QED) is 0.397. The third-order valence-electron chi connectivity index (χ3n) is 2.27. The van der Waals surface area contributed by atoms with Crippen LogP contribution in [0.2, 0.25) is 0 Å². The van der Waals surface area contributed by atoms with Crippen LogP contribution < -0.4 is 0 Å². The van der Waals surface area contributed by atoms with E-state index in [1.807, 2.05) is 0 Å². The van der Waals surface area contributed by atoms with E-state index in [1.54, 1.807) is 0 Å². The molecule has 4 N–H and O–H groups in total. The maximum absolute atomic E-state index is 9.24. The first-order valence-electron chi connectivity index (χ1n) is 3.82. The van der Waals surface area contributed by atoms with Crippen LogP contribution in [0.1, 0.15) is 12.8 Å². The molecule has 66 valence electrons. The van der Waals surface area contributed by atoms with Gasteiger partial charge in [0.2, 0.25) is 0 Å². The van der Waals surface area contributed by atoms with E-state index >= 15 is 0 Å². The topological polar surface area (TPSA) is 80.9 Å². The average molecular weight is 162 g/mol. The summed E-state index contributed by atoms with van der Waals surface area (Å²) in [6.45, 7) is -0.0127. The Balaban J connectivity index is 2.45. The van der Waals surface area contributed by atoms with Crippen LogP contribution in [-0.4, -0.2) is 45.3 Å². The molecule has 0 unspecified atom stereocenters. The highest BCUT2D eigenvalue weighted by Crippen LogP contribution is 2.28. The first kappa shape index (κ1) is 8.93. The Hall–Kier alpha value is -0.160. The molecule has 1 saturated carbocycles. The van der Waals surface area contributed by atoms with Crippen LogP contribution in [0.25, 0.3) is 0 Å². The Morgan fingerprint density at radius 2 is 1.73 bits per heavy atom. The lowest BCUT2D eigenvalue weighted by molar-refractivity contribution is -0.0274. The molecule has 0 aliphatic heterocycles. The molecule has 0 radical (unpaired) electrons. The summed E-state index contributed by atoms with van der Waals surface area (Å²) in [4.78, 5) is 0. The Morgan fingerprint density at radius 1 is 1.09 bits per heavy atom. The van der Waals surface area contributed by atoms with E-state index in [-0.39, 0.29) is 12.5 Å². The molecule has 1 fully saturated rings. The van der Waals surface area contributed by atoms with Gasteiger partial charge in [-0.1, -0.05) is 0 Å². The second-order valence-electron chi connectivity index (χ2n) is 3.06. The smallest absolute Gasteiger partial charge is 0.106 e. The fourth-order valence-electron chi connectivity index (χ4n) is 1.55. The number of aliphatic hydroxyl groups excluding tert-OH is 4. The van der Waals surface area contributed by atoms with Crippen molar-refractivity contribution < 1.29 is 20.4 Å². The normalized spacial score (nSPS) is 44.7. The van der Waals surface area contributed by atoms with Gasteiger partial charge in [0.25, 0.3) is 0 Å². The van der Waals surface area contributed by atoms with Crippen molar-refractivity contribution in [2.45, 2.75) is 31.2 Å². The molecule has 0 bridgehead atoms. The molecule has 0 aromatic rings. The summed E-state index contributed by atoms with van der Waals surface area (Å²) in [5.41, 5.74) is 0. The Kier molecular flexibility index (Phi) is 2.84. The van der Waals surface area contributed by atoms with E-state index < -0.39 is 18.3 Å². The summed E-state index contributed by atoms with van der Waals surface area (Å²) >= 11 is 0. The highest BCUT2D eigenvalue weighted by Gasteiger charge is 2.39. The molecular formula is C7H14O4. The van der Waals surface area contributed by atoms with Crippen molar-refractivity contribution in [2.75, 3.05) is 6.61 Å². The summed E-state index contributed by atoms with van der Waals surface area (Å²) in [6.07, 6.45) is -1.93. The first-order valence-corrected chi connectivity index (χ1v) is 3.82. The number of rotatable bonds is 2. The highest BCUT2D eigenvalue weighted by atomic mass is 16.4. The Morgan fingerprint density at radius 3 is 2.09 bits per heavy atom. The lowest BCUT2D eigenvalue weighted by Gasteiger charge is -2.14. The van der Waals surface area contributed by atoms with E-state index in [0.717, 1.165) is 0 Å². The maximum atomic E-state index is 9.24. The number of hydrogen-bond acceptors (Lipinski definition) is 4. The summed E-state index contributed by atoms with van der Waals surface area (Å²) < 4.78 is 0. The second kappa shape index (κ2) is 3.49. The largest absolute Gasteiger partial charge is 0.396 e. The Bertz CT molecular complexity index is 128. The van der Waals surface area contributed by atoms with Gasteiger partial charge >= 0.3 is 0 Å². The van der Waals surface area contributed by atoms with Crippen LogP contribution in [0, 0.1) is 5.92 Å². The number of aliphatic hydroxyl groups is 4. The van der Waals surface area contributed by atoms with Crippen LogP contribution >= 0.6 is 0 Å². The standard InChI is InChI=1S/C7H14O4/c8-2-1-4-3-5(9)7(11)6(4)10/h4-11H,1-3H2/t4-,5+,6+,7+/m0/s1. The van der Waals surface area contributed by atoms with Crippen molar-refractivity contribution >= 4 is 0 Å². The van der Waals surface area contributed by atoms with E-state index in [9.17, 15) is 5.11 Å². The lowest BCUT2D eigenvalue weighted by atomic mass is 10.0. The van der Waals surface area contributed by atoms with Crippen molar-refractivity contribution in [3.63, 3.8) is 0 Å². The Labute approximate surface area is 65.1 Å². The van der Waals surface area contributed by atoms with Gasteiger partial charge in [0.05, 0.1) is 12.2 Å². The molecule has 0 heterocycles. The van der Waals surface area contributed by atoms with Crippen LogP contribution in [0.5, 0.6) is 0 Å². The molecular weight excluding hydrogens is 148 g/mol. The van der Waals surface area contributed by atoms with Gasteiger partial charge in [-0.3, -0.25) is 0 Å². The van der Waals surface area contributed by atoms with E-state index in [2.05, 4.69) is 0 Å². The van der Waals surface area contributed by atoms with Crippen LogP contribution in [0.15, 0.2) is 0 Å². The highest BCUT2D eigenvalue weighted by molar-refractivity contribution is 4.90. The minimum absolute atomic E-state index is 0.0127. The van der Waals surface area contributed by atoms with Gasteiger partial charge < -0.3 is 20.4 Å². The third kappa shape index (κ3) is 1.70. The van der Waals surface area contributed by atoms with Crippen LogP contribution in [0.4, 0.5) is 0 Å². The van der Waals surface area contributed by atoms with Crippen molar-refractivity contribution in [1.29, 1.82) is 0 Å². The molecule has 0 spiro atoms. The molecule has 1 rings (SSSR count). The fraction of sp³-hybridized carbons (Fsp3) is 1.00. The summed E-state index contributed by atoms with van der Waals surface area (Å²) in [6, 6.07) is 0. The monoisotopic (exact) mass is 162 g/mol. The van der Waals surface area contributed by atoms with Crippen molar-refractivity contribution in [2.24, 2.45) is 5.92 Å². The lowest BCUT2D eigenvalue weighted by Crippen LogP contribution is -2.30. The predicted molar refractivity (Wildman–Crippen MR) is 37.8 cm³/mol. The van der Waals surface area contributed by atoms with Crippen molar-refractivity contribution in [3.8, 4) is 0 Å². The zero-order valence-electron chi connectivity index (χ0n) is 6.22. The number of hydrogen-bond donors (Lipinski definition) is 4. The molecule has 4 nitrogen and oxygen atoms in total. The summed E-state index contributed by atoms with van der Waals surface area (Å²) in [5, 5.41) is 35.9. The average Bonchev–Trinajstić information content (AvgIpc) is 2.19. The molecule has 0 aromatic carbocycles. The van der Waals surface area contributed by atoms with Gasteiger partial charge in [0.1, 0.15) is 6.10 Å². The first-order chi connectivity index (χ1) is 5.16. The second-order valence-corrected chi connectivity index (χ2v) is 3.06. The minimum Gasteiger partial charge on any atom is -0.396 e. The van der Waals surface area contributed by atoms with Crippen molar-refractivity contribution in [1.82, 2.24) is 0 Å². The van der Waals surface area contributed by atoms with E-state index in [1.165, 1.54) is 0 Å². The molecule has 0 amide bonds. The van der Waals surface area contributed by atoms with Gasteiger partial charge in [-0.2, -0.15) is 0 Å². The zero-order valence-corrected chi connectivity index (χ0v) is 6.22. The van der Waals surface area contributed by atoms with E-state index in [4.69, 9.17) is 15.3 Å². The van der Waals surface area contributed by atoms with Gasteiger partial charge in [0.15, 0.2) is 0 Å². The van der Waals surface area contributed by atoms with Crippen LogP contribution in [0.3, 0.4) is 0 Å². The fourth-order valence-corrected chi connectivity index (χ4v) is 1.55. The molecule has 1 aliphatic rings. The predicted octanol–water partition coefficient (Wildman–Crippen LogP) is -1.53. The molecule has 11 heavy (non-hydrogen) atoms. The third-order valence-corrected chi connectivity index (χ3v) is 2.27. The molecule has 0 aromatic heterocycles. The molecule has 4 atom stereocenters. The summed E-state index contributed by atoms with van der Waals surface area (Å²) in [5.74, 6) is -0.162.